The maximum Gasteiger partial charge on any atom is 0.341 e. The Bertz CT molecular complexity index is 1490. The SMILES string of the molecule is C=CCn1c(CCCOc2ccc(Cl)cc2C)nnc1SCC(=O)Nc1scc(-c2ccccc2)c1C(=O)OC. The fraction of sp³-hybridized carbons (Fsp3) is 0.241. The number of methoxy groups -OCH3 is 1. The van der Waals surface area contributed by atoms with E-state index in [-0.39, 0.29) is 11.7 Å². The van der Waals surface area contributed by atoms with Crippen LogP contribution in [0.3, 0.4) is 0 Å². The Kier molecular flexibility index (Phi) is 10.4. The van der Waals surface area contributed by atoms with Gasteiger partial charge in [0, 0.05) is 28.9 Å². The van der Waals surface area contributed by atoms with Crippen molar-refractivity contribution >= 4 is 51.6 Å². The van der Waals surface area contributed by atoms with E-state index < -0.39 is 5.97 Å². The number of rotatable bonds is 13. The average molecular weight is 597 g/mol. The molecule has 0 aliphatic rings. The number of ether oxygens (including phenoxy) is 2. The summed E-state index contributed by atoms with van der Waals surface area (Å²) < 4.78 is 12.8. The van der Waals surface area contributed by atoms with Crippen molar-refractivity contribution < 1.29 is 19.1 Å². The molecule has 1 N–H and O–H groups in total. The first-order valence-electron chi connectivity index (χ1n) is 12.5. The first kappa shape index (κ1) is 29.4. The van der Waals surface area contributed by atoms with Gasteiger partial charge in [0.05, 0.1) is 19.5 Å². The highest BCUT2D eigenvalue weighted by molar-refractivity contribution is 7.99. The zero-order valence-corrected chi connectivity index (χ0v) is 24.6. The van der Waals surface area contributed by atoms with Crippen LogP contribution in [-0.2, 0) is 22.5 Å². The summed E-state index contributed by atoms with van der Waals surface area (Å²) in [4.78, 5) is 25.5. The number of hydrogen-bond acceptors (Lipinski definition) is 8. The lowest BCUT2D eigenvalue weighted by Gasteiger charge is -2.10. The average Bonchev–Trinajstić information content (AvgIpc) is 3.55. The van der Waals surface area contributed by atoms with Crippen molar-refractivity contribution in [3.8, 4) is 16.9 Å². The van der Waals surface area contributed by atoms with Gasteiger partial charge in [-0.1, -0.05) is 59.8 Å². The van der Waals surface area contributed by atoms with Crippen molar-refractivity contribution in [3.63, 3.8) is 0 Å². The van der Waals surface area contributed by atoms with Gasteiger partial charge in [-0.25, -0.2) is 4.79 Å². The summed E-state index contributed by atoms with van der Waals surface area (Å²) in [7, 11) is 1.32. The number of hydrogen-bond donors (Lipinski definition) is 1. The van der Waals surface area contributed by atoms with Crippen LogP contribution >= 0.6 is 34.7 Å². The van der Waals surface area contributed by atoms with E-state index in [0.29, 0.717) is 45.9 Å². The molecule has 4 aromatic rings. The fourth-order valence-electron chi connectivity index (χ4n) is 3.99. The minimum absolute atomic E-state index is 0.0907. The number of amides is 1. The summed E-state index contributed by atoms with van der Waals surface area (Å²) in [6.45, 7) is 6.83. The van der Waals surface area contributed by atoms with E-state index >= 15 is 0 Å². The third kappa shape index (κ3) is 7.32. The van der Waals surface area contributed by atoms with Crippen LogP contribution < -0.4 is 10.1 Å². The van der Waals surface area contributed by atoms with Gasteiger partial charge in [-0.15, -0.1) is 28.1 Å². The highest BCUT2D eigenvalue weighted by Gasteiger charge is 2.23. The molecule has 0 spiro atoms. The number of aromatic nitrogens is 3. The molecule has 0 saturated heterocycles. The molecular weight excluding hydrogens is 568 g/mol. The largest absolute Gasteiger partial charge is 0.493 e. The number of thioether (sulfide) groups is 1. The lowest BCUT2D eigenvalue weighted by molar-refractivity contribution is -0.113. The second-order valence-electron chi connectivity index (χ2n) is 8.71. The maximum atomic E-state index is 12.9. The second kappa shape index (κ2) is 14.2. The molecule has 0 unspecified atom stereocenters. The Labute approximate surface area is 246 Å². The van der Waals surface area contributed by atoms with Crippen LogP contribution in [0.1, 0.15) is 28.2 Å². The molecule has 0 fully saturated rings. The molecular formula is C29H29ClN4O4S2. The molecule has 0 atom stereocenters. The normalized spacial score (nSPS) is 10.8. The predicted octanol–water partition coefficient (Wildman–Crippen LogP) is 6.68. The third-order valence-electron chi connectivity index (χ3n) is 5.90. The number of esters is 1. The molecule has 0 aliphatic heterocycles. The zero-order chi connectivity index (χ0) is 28.5. The number of halogens is 1. The second-order valence-corrected chi connectivity index (χ2v) is 11.0. The summed E-state index contributed by atoms with van der Waals surface area (Å²) in [5.74, 6) is 0.911. The van der Waals surface area contributed by atoms with Gasteiger partial charge in [-0.2, -0.15) is 0 Å². The smallest absolute Gasteiger partial charge is 0.341 e. The van der Waals surface area contributed by atoms with Crippen molar-refractivity contribution in [2.45, 2.75) is 31.5 Å². The molecule has 0 bridgehead atoms. The Morgan fingerprint density at radius 1 is 1.20 bits per heavy atom. The summed E-state index contributed by atoms with van der Waals surface area (Å²) >= 11 is 8.57. The summed E-state index contributed by atoms with van der Waals surface area (Å²) in [6, 6.07) is 15.0. The first-order valence-corrected chi connectivity index (χ1v) is 14.7. The molecule has 0 radical (unpaired) electrons. The minimum atomic E-state index is -0.506. The van der Waals surface area contributed by atoms with E-state index in [4.69, 9.17) is 21.1 Å². The van der Waals surface area contributed by atoms with E-state index in [1.807, 2.05) is 59.3 Å². The van der Waals surface area contributed by atoms with Gasteiger partial charge in [-0.05, 0) is 42.7 Å². The Hall–Kier alpha value is -3.60. The molecule has 1 amide bonds. The summed E-state index contributed by atoms with van der Waals surface area (Å²) in [5.41, 5.74) is 2.90. The standard InChI is InChI=1S/C29H29ClN4O4S2/c1-4-14-34-24(11-8-15-38-23-13-12-21(30)16-19(23)2)32-33-29(34)40-18-25(35)31-27-26(28(36)37-3)22(17-39-27)20-9-6-5-7-10-20/h4-7,9-10,12-13,16-17H,1,8,11,14-15,18H2,2-3H3,(H,31,35). The van der Waals surface area contributed by atoms with Gasteiger partial charge >= 0.3 is 5.97 Å². The van der Waals surface area contributed by atoms with Crippen molar-refractivity contribution in [2.75, 3.05) is 24.8 Å². The molecule has 0 aliphatic carbocycles. The van der Waals surface area contributed by atoms with Gasteiger partial charge in [-0.3, -0.25) is 4.79 Å². The van der Waals surface area contributed by atoms with Crippen LogP contribution in [0.15, 0.2) is 71.7 Å². The zero-order valence-electron chi connectivity index (χ0n) is 22.2. The molecule has 2 aromatic carbocycles. The van der Waals surface area contributed by atoms with E-state index in [1.165, 1.54) is 30.2 Å². The molecule has 2 heterocycles. The first-order chi connectivity index (χ1) is 19.4. The van der Waals surface area contributed by atoms with Crippen LogP contribution in [0, 0.1) is 6.92 Å². The van der Waals surface area contributed by atoms with Crippen molar-refractivity contribution in [1.82, 2.24) is 14.8 Å². The maximum absolute atomic E-state index is 12.9. The molecule has 8 nitrogen and oxygen atoms in total. The lowest BCUT2D eigenvalue weighted by Crippen LogP contribution is -2.16. The van der Waals surface area contributed by atoms with Crippen molar-refractivity contribution in [2.24, 2.45) is 0 Å². The Morgan fingerprint density at radius 2 is 2.00 bits per heavy atom. The number of nitrogens with one attached hydrogen (secondary N) is 1. The Morgan fingerprint density at radius 3 is 2.73 bits per heavy atom. The topological polar surface area (TPSA) is 95.3 Å². The van der Waals surface area contributed by atoms with Crippen molar-refractivity contribution in [1.29, 1.82) is 0 Å². The molecule has 40 heavy (non-hydrogen) atoms. The lowest BCUT2D eigenvalue weighted by atomic mass is 10.0. The van der Waals surface area contributed by atoms with E-state index in [9.17, 15) is 9.59 Å². The third-order valence-corrected chi connectivity index (χ3v) is 7.99. The molecule has 11 heteroatoms. The van der Waals surface area contributed by atoms with Gasteiger partial charge in [0.25, 0.3) is 0 Å². The molecule has 4 rings (SSSR count). The van der Waals surface area contributed by atoms with Crippen LogP contribution in [0.5, 0.6) is 5.75 Å². The molecule has 2 aromatic heterocycles. The number of aryl methyl sites for hydroxylation is 2. The number of benzene rings is 2. The minimum Gasteiger partial charge on any atom is -0.493 e. The number of allylic oxidation sites excluding steroid dienone is 1. The van der Waals surface area contributed by atoms with E-state index in [2.05, 4.69) is 22.1 Å². The van der Waals surface area contributed by atoms with Crippen LogP contribution in [-0.4, -0.2) is 46.1 Å². The number of nitrogens with zero attached hydrogens (tertiary/aromatic N) is 3. The number of carbonyl (C=O) groups is 2. The highest BCUT2D eigenvalue weighted by Crippen LogP contribution is 2.36. The highest BCUT2D eigenvalue weighted by atomic mass is 35.5. The molecule has 0 saturated carbocycles. The molecule has 208 valence electrons. The monoisotopic (exact) mass is 596 g/mol. The Balaban J connectivity index is 1.37. The van der Waals surface area contributed by atoms with Crippen LogP contribution in [0.4, 0.5) is 5.00 Å². The van der Waals surface area contributed by atoms with Gasteiger partial charge in [0.1, 0.15) is 22.1 Å². The summed E-state index contributed by atoms with van der Waals surface area (Å²) in [6.07, 6.45) is 3.16. The fourth-order valence-corrected chi connectivity index (χ4v) is 5.95. The van der Waals surface area contributed by atoms with Gasteiger partial charge < -0.3 is 19.4 Å². The predicted molar refractivity (Wildman–Crippen MR) is 161 cm³/mol. The number of thiophene rings is 1. The summed E-state index contributed by atoms with van der Waals surface area (Å²) in [5, 5.41) is 15.1. The van der Waals surface area contributed by atoms with Gasteiger partial charge in [0.2, 0.25) is 5.91 Å². The van der Waals surface area contributed by atoms with E-state index in [1.54, 1.807) is 12.1 Å². The van der Waals surface area contributed by atoms with Crippen LogP contribution in [0.2, 0.25) is 5.02 Å². The number of anilines is 1. The quantitative estimate of drug-likeness (QED) is 0.0795. The van der Waals surface area contributed by atoms with Gasteiger partial charge in [0.15, 0.2) is 5.16 Å². The van der Waals surface area contributed by atoms with E-state index in [0.717, 1.165) is 29.1 Å². The van der Waals surface area contributed by atoms with Crippen molar-refractivity contribution in [3.05, 3.63) is 88.5 Å². The number of carbonyl (C=O) groups excluding carboxylic acids is 2. The van der Waals surface area contributed by atoms with Crippen LogP contribution in [0.25, 0.3) is 11.1 Å².